The third kappa shape index (κ3) is 18.0. The summed E-state index contributed by atoms with van der Waals surface area (Å²) in [7, 11) is 1.50. The number of ketones is 1. The maximum atomic E-state index is 13.9. The van der Waals surface area contributed by atoms with Gasteiger partial charge >= 0.3 is 6.09 Å². The topological polar surface area (TPSA) is 263 Å². The number of carbonyl (C=O) groups excluding carboxylic acids is 6. The van der Waals surface area contributed by atoms with Crippen LogP contribution in [0.4, 0.5) is 4.79 Å². The van der Waals surface area contributed by atoms with Crippen LogP contribution in [0.15, 0.2) is 4.99 Å². The highest BCUT2D eigenvalue weighted by molar-refractivity contribution is 5.96. The van der Waals surface area contributed by atoms with E-state index in [4.69, 9.17) is 10.5 Å². The van der Waals surface area contributed by atoms with Crippen LogP contribution >= 0.6 is 0 Å². The number of nitrogens with two attached hydrogens (primary N) is 1. The average molecular weight is 743 g/mol. The number of aliphatic hydroxyl groups is 2. The molecular formula is C35H66N8O9. The number of amides is 5. The number of Topliss-reactive ketones (excluding diaryl/α,β-unsaturated/α-hetero) is 1. The van der Waals surface area contributed by atoms with Crippen molar-refractivity contribution in [2.45, 2.75) is 150 Å². The number of aliphatic hydroxyl groups excluding tert-OH is 2. The quantitative estimate of drug-likeness (QED) is 0.0436. The van der Waals surface area contributed by atoms with Crippen molar-refractivity contribution in [2.75, 3.05) is 13.6 Å². The lowest BCUT2D eigenvalue weighted by Gasteiger charge is -2.31. The van der Waals surface area contributed by atoms with Crippen molar-refractivity contribution < 1.29 is 43.7 Å². The molecule has 0 saturated heterocycles. The third-order valence-corrected chi connectivity index (χ3v) is 8.18. The SMILES string of the molecule is CC[C@H](C)[C@H](NC(=O)[C@@H](CCCNC(N)=NC)NC(=O)[C@H](CC(C)C)NC(=O)[C@@H](NC(=O)OC(C)(C)C)[C@H](O)C(C)C)C(=O)N[C@H](C(C)=O)[C@H](C)O. The Bertz CT molecular complexity index is 1220. The number of aliphatic imine (C=N–C) groups is 1. The third-order valence-electron chi connectivity index (χ3n) is 8.18. The van der Waals surface area contributed by atoms with Gasteiger partial charge in [0.15, 0.2) is 11.7 Å². The molecule has 0 radical (unpaired) electrons. The van der Waals surface area contributed by atoms with Crippen LogP contribution < -0.4 is 37.6 Å². The zero-order chi connectivity index (χ0) is 40.5. The van der Waals surface area contributed by atoms with Crippen molar-refractivity contribution >= 4 is 41.5 Å². The number of hydrogen-bond donors (Lipinski definition) is 9. The summed E-state index contributed by atoms with van der Waals surface area (Å²) in [5, 5.41) is 36.8. The number of guanidine groups is 1. The van der Waals surface area contributed by atoms with Gasteiger partial charge in [-0.1, -0.05) is 48.0 Å². The molecule has 0 bridgehead atoms. The van der Waals surface area contributed by atoms with Crippen LogP contribution in [0.5, 0.6) is 0 Å². The van der Waals surface area contributed by atoms with E-state index in [1.807, 2.05) is 20.8 Å². The van der Waals surface area contributed by atoms with E-state index in [1.165, 1.54) is 20.9 Å². The average Bonchev–Trinajstić information content (AvgIpc) is 3.03. The molecule has 0 aromatic carbocycles. The molecule has 0 aromatic heterocycles. The second-order valence-corrected chi connectivity index (χ2v) is 15.0. The van der Waals surface area contributed by atoms with Crippen molar-refractivity contribution in [1.82, 2.24) is 31.9 Å². The minimum Gasteiger partial charge on any atom is -0.444 e. The van der Waals surface area contributed by atoms with Crippen molar-refractivity contribution in [2.24, 2.45) is 28.5 Å². The second kappa shape index (κ2) is 22.8. The van der Waals surface area contributed by atoms with Crippen LogP contribution in [0.25, 0.3) is 0 Å². The minimum atomic E-state index is -1.47. The molecule has 0 spiro atoms. The van der Waals surface area contributed by atoms with Gasteiger partial charge in [-0.15, -0.1) is 0 Å². The van der Waals surface area contributed by atoms with Crippen LogP contribution in [0.3, 0.4) is 0 Å². The number of nitrogens with zero attached hydrogens (tertiary/aromatic N) is 1. The first-order valence-electron chi connectivity index (χ1n) is 18.0. The zero-order valence-electron chi connectivity index (χ0n) is 33.1. The van der Waals surface area contributed by atoms with E-state index in [0.29, 0.717) is 19.4 Å². The van der Waals surface area contributed by atoms with E-state index in [1.54, 1.807) is 41.5 Å². The normalized spacial score (nSPS) is 16.7. The van der Waals surface area contributed by atoms with E-state index in [9.17, 15) is 39.0 Å². The molecular weight excluding hydrogens is 676 g/mol. The second-order valence-electron chi connectivity index (χ2n) is 15.0. The predicted octanol–water partition coefficient (Wildman–Crippen LogP) is 0.212. The van der Waals surface area contributed by atoms with Crippen molar-refractivity contribution in [3.63, 3.8) is 0 Å². The standard InChI is InChI=1S/C35H66N8O9/c1-13-20(6)25(31(49)42-26(21(7)44)22(8)45)41-29(47)23(15-14-16-38-33(36)37-12)39-30(48)24(17-18(2)3)40-32(50)27(28(46)19(4)5)43-34(51)52-35(9,10)11/h18-21,23-28,44,46H,13-17H2,1-12H3,(H,39,48)(H,40,50)(H,41,47)(H,42,49)(H,43,51)(H3,36,37,38)/t20-,21-,23+,24-,25-,26-,27-,28+/m0/s1. The highest BCUT2D eigenvalue weighted by Crippen LogP contribution is 2.14. The summed E-state index contributed by atoms with van der Waals surface area (Å²) in [5.41, 5.74) is 4.85. The molecule has 10 N–H and O–H groups in total. The van der Waals surface area contributed by atoms with Gasteiger partial charge in [0, 0.05) is 13.6 Å². The van der Waals surface area contributed by atoms with Gasteiger partial charge in [-0.05, 0) is 71.6 Å². The van der Waals surface area contributed by atoms with Crippen LogP contribution in [0.1, 0.15) is 102 Å². The van der Waals surface area contributed by atoms with Gasteiger partial charge in [0.1, 0.15) is 35.8 Å². The Morgan fingerprint density at radius 3 is 1.75 bits per heavy atom. The van der Waals surface area contributed by atoms with Gasteiger partial charge < -0.3 is 52.6 Å². The molecule has 5 amide bonds. The first-order valence-corrected chi connectivity index (χ1v) is 18.0. The molecule has 0 aliphatic rings. The Morgan fingerprint density at radius 1 is 0.769 bits per heavy atom. The van der Waals surface area contributed by atoms with Crippen LogP contribution in [-0.2, 0) is 28.7 Å². The number of carbonyl (C=O) groups is 6. The first kappa shape index (κ1) is 48.0. The van der Waals surface area contributed by atoms with Gasteiger partial charge in [-0.2, -0.15) is 0 Å². The summed E-state index contributed by atoms with van der Waals surface area (Å²) >= 11 is 0. The molecule has 8 atom stereocenters. The van der Waals surface area contributed by atoms with Crippen molar-refractivity contribution in [3.8, 4) is 0 Å². The Balaban J connectivity index is 6.46. The smallest absolute Gasteiger partial charge is 0.408 e. The highest BCUT2D eigenvalue weighted by Gasteiger charge is 2.37. The lowest BCUT2D eigenvalue weighted by molar-refractivity contribution is -0.136. The van der Waals surface area contributed by atoms with Gasteiger partial charge in [0.25, 0.3) is 0 Å². The monoisotopic (exact) mass is 742 g/mol. The molecule has 0 heterocycles. The fraction of sp³-hybridized carbons (Fsp3) is 0.800. The lowest BCUT2D eigenvalue weighted by Crippen LogP contribution is -2.61. The molecule has 300 valence electrons. The number of rotatable bonds is 21. The molecule has 17 heteroatoms. The summed E-state index contributed by atoms with van der Waals surface area (Å²) in [6.45, 7) is 18.4. The van der Waals surface area contributed by atoms with Crippen LogP contribution in [0.2, 0.25) is 0 Å². The summed E-state index contributed by atoms with van der Waals surface area (Å²) in [6.07, 6.45) is -2.43. The maximum absolute atomic E-state index is 13.9. The summed E-state index contributed by atoms with van der Waals surface area (Å²) in [6, 6.07) is -6.17. The number of nitrogens with one attached hydrogen (secondary N) is 6. The van der Waals surface area contributed by atoms with Gasteiger partial charge in [0.05, 0.1) is 12.2 Å². The van der Waals surface area contributed by atoms with Gasteiger partial charge in [0.2, 0.25) is 23.6 Å². The summed E-state index contributed by atoms with van der Waals surface area (Å²) < 4.78 is 5.29. The molecule has 0 saturated carbocycles. The minimum absolute atomic E-state index is 0.0807. The zero-order valence-corrected chi connectivity index (χ0v) is 33.1. The van der Waals surface area contributed by atoms with E-state index < -0.39 is 95.4 Å². The van der Waals surface area contributed by atoms with Crippen molar-refractivity contribution in [1.29, 1.82) is 0 Å². The van der Waals surface area contributed by atoms with Crippen molar-refractivity contribution in [3.05, 3.63) is 0 Å². The fourth-order valence-corrected chi connectivity index (χ4v) is 4.99. The Hall–Kier alpha value is -3.99. The highest BCUT2D eigenvalue weighted by atomic mass is 16.6. The molecule has 0 unspecified atom stereocenters. The van der Waals surface area contributed by atoms with E-state index >= 15 is 0 Å². The molecule has 0 rings (SSSR count). The molecule has 0 aliphatic heterocycles. The Morgan fingerprint density at radius 2 is 1.29 bits per heavy atom. The van der Waals surface area contributed by atoms with E-state index in [2.05, 4.69) is 36.9 Å². The molecule has 17 nitrogen and oxygen atoms in total. The van der Waals surface area contributed by atoms with Crippen LogP contribution in [0, 0.1) is 17.8 Å². The summed E-state index contributed by atoms with van der Waals surface area (Å²) in [4.78, 5) is 83.2. The molecule has 52 heavy (non-hydrogen) atoms. The maximum Gasteiger partial charge on any atom is 0.408 e. The molecule has 0 fully saturated rings. The Labute approximate surface area is 308 Å². The van der Waals surface area contributed by atoms with Crippen LogP contribution in [-0.4, -0.2) is 113 Å². The first-order chi connectivity index (χ1) is 23.9. The predicted molar refractivity (Wildman–Crippen MR) is 198 cm³/mol. The van der Waals surface area contributed by atoms with Gasteiger partial charge in [-0.3, -0.25) is 29.0 Å². The number of ether oxygens (including phenoxy) is 1. The lowest BCUT2D eigenvalue weighted by atomic mass is 9.96. The molecule has 0 aromatic rings. The van der Waals surface area contributed by atoms with Gasteiger partial charge in [-0.25, -0.2) is 4.79 Å². The number of hydrogen-bond acceptors (Lipinski definition) is 10. The molecule has 0 aliphatic carbocycles. The van der Waals surface area contributed by atoms with E-state index in [-0.39, 0.29) is 24.7 Å². The fourth-order valence-electron chi connectivity index (χ4n) is 4.99. The largest absolute Gasteiger partial charge is 0.444 e. The Kier molecular flexibility index (Phi) is 21.1. The summed E-state index contributed by atoms with van der Waals surface area (Å²) in [5.74, 6) is -4.19. The van der Waals surface area contributed by atoms with E-state index in [0.717, 1.165) is 0 Å². The number of alkyl carbamates (subject to hydrolysis) is 1.